The molecule has 26 heavy (non-hydrogen) atoms. The Kier molecular flexibility index (Phi) is 6.84. The second-order valence-corrected chi connectivity index (χ2v) is 8.39. The van der Waals surface area contributed by atoms with Crippen LogP contribution in [0.5, 0.6) is 0 Å². The molecule has 1 fully saturated rings. The van der Waals surface area contributed by atoms with Gasteiger partial charge in [0.1, 0.15) is 5.82 Å². The van der Waals surface area contributed by atoms with Crippen LogP contribution in [-0.2, 0) is 18.3 Å². The van der Waals surface area contributed by atoms with E-state index in [2.05, 4.69) is 15.5 Å². The quantitative estimate of drug-likeness (QED) is 0.679. The highest BCUT2D eigenvalue weighted by atomic mass is 35.5. The van der Waals surface area contributed by atoms with E-state index in [4.69, 9.17) is 23.2 Å². The number of carbonyl (C=O) groups is 1. The Hall–Kier alpha value is -1.24. The highest BCUT2D eigenvalue weighted by molar-refractivity contribution is 7.99. The summed E-state index contributed by atoms with van der Waals surface area (Å²) in [5.41, 5.74) is 0.626. The number of hydrogen-bond donors (Lipinski definition) is 1. The lowest BCUT2D eigenvalue weighted by Crippen LogP contribution is -2.15. The van der Waals surface area contributed by atoms with E-state index in [9.17, 15) is 4.79 Å². The molecule has 1 aromatic carbocycles. The van der Waals surface area contributed by atoms with Gasteiger partial charge in [-0.25, -0.2) is 0 Å². The van der Waals surface area contributed by atoms with Crippen molar-refractivity contribution in [3.05, 3.63) is 34.1 Å². The second-order valence-electron chi connectivity index (χ2n) is 6.63. The first-order valence-electron chi connectivity index (χ1n) is 8.79. The fourth-order valence-electron chi connectivity index (χ4n) is 3.20. The van der Waals surface area contributed by atoms with Crippen LogP contribution in [0.4, 0.5) is 5.69 Å². The van der Waals surface area contributed by atoms with Crippen molar-refractivity contribution >= 4 is 46.6 Å². The monoisotopic (exact) mass is 412 g/mol. The third kappa shape index (κ3) is 5.15. The van der Waals surface area contributed by atoms with Crippen molar-refractivity contribution in [1.82, 2.24) is 14.8 Å². The van der Waals surface area contributed by atoms with E-state index < -0.39 is 0 Å². The molecule has 1 aliphatic carbocycles. The molecule has 1 aliphatic rings. The van der Waals surface area contributed by atoms with E-state index in [1.807, 2.05) is 11.6 Å². The molecule has 5 nitrogen and oxygen atoms in total. The largest absolute Gasteiger partial charge is 0.325 e. The van der Waals surface area contributed by atoms with Crippen LogP contribution < -0.4 is 5.32 Å². The summed E-state index contributed by atoms with van der Waals surface area (Å²) < 4.78 is 2.01. The van der Waals surface area contributed by atoms with E-state index in [0.29, 0.717) is 21.7 Å². The van der Waals surface area contributed by atoms with Crippen LogP contribution in [-0.4, -0.2) is 26.4 Å². The molecular weight excluding hydrogens is 391 g/mol. The molecule has 8 heteroatoms. The van der Waals surface area contributed by atoms with Gasteiger partial charge in [-0.15, -0.1) is 10.2 Å². The van der Waals surface area contributed by atoms with Gasteiger partial charge in [-0.3, -0.25) is 4.79 Å². The lowest BCUT2D eigenvalue weighted by Gasteiger charge is -2.20. The maximum absolute atomic E-state index is 12.2. The molecule has 1 N–H and O–H groups in total. The van der Waals surface area contributed by atoms with Crippen LogP contribution in [0.1, 0.15) is 37.9 Å². The van der Waals surface area contributed by atoms with E-state index in [1.165, 1.54) is 43.9 Å². The van der Waals surface area contributed by atoms with Crippen molar-refractivity contribution < 1.29 is 4.79 Å². The SMILES string of the molecule is Cn1c(CC2CCCCC2)nnc1SCC(=O)Nc1ccc(Cl)c(Cl)c1. The molecule has 1 amide bonds. The van der Waals surface area contributed by atoms with Gasteiger partial charge in [-0.1, -0.05) is 67.1 Å². The fraction of sp³-hybridized carbons (Fsp3) is 0.500. The molecule has 0 bridgehead atoms. The van der Waals surface area contributed by atoms with E-state index in [1.54, 1.807) is 18.2 Å². The molecule has 1 heterocycles. The fourth-order valence-corrected chi connectivity index (χ4v) is 4.23. The van der Waals surface area contributed by atoms with Gasteiger partial charge in [0.15, 0.2) is 5.16 Å². The molecular formula is C18H22Cl2N4OS. The molecule has 0 atom stereocenters. The Morgan fingerprint density at radius 3 is 2.73 bits per heavy atom. The average molecular weight is 413 g/mol. The van der Waals surface area contributed by atoms with E-state index in [-0.39, 0.29) is 11.7 Å². The lowest BCUT2D eigenvalue weighted by atomic mass is 9.87. The first kappa shape index (κ1) is 19.5. The number of benzene rings is 1. The molecule has 1 aromatic heterocycles. The maximum atomic E-state index is 12.2. The number of thioether (sulfide) groups is 1. The smallest absolute Gasteiger partial charge is 0.234 e. The summed E-state index contributed by atoms with van der Waals surface area (Å²) in [7, 11) is 1.97. The molecule has 0 radical (unpaired) electrons. The summed E-state index contributed by atoms with van der Waals surface area (Å²) in [4.78, 5) is 12.2. The van der Waals surface area contributed by atoms with Crippen LogP contribution in [0, 0.1) is 5.92 Å². The average Bonchev–Trinajstić information content (AvgIpc) is 2.97. The maximum Gasteiger partial charge on any atom is 0.234 e. The standard InChI is InChI=1S/C18H22Cl2N4OS/c1-24-16(9-12-5-3-2-4-6-12)22-23-18(24)26-11-17(25)21-13-7-8-14(19)15(20)10-13/h7-8,10,12H,2-6,9,11H2,1H3,(H,21,25). The van der Waals surface area contributed by atoms with Gasteiger partial charge in [0.2, 0.25) is 5.91 Å². The zero-order valence-corrected chi connectivity index (χ0v) is 17.0. The van der Waals surface area contributed by atoms with Gasteiger partial charge in [0.05, 0.1) is 15.8 Å². The van der Waals surface area contributed by atoms with Crippen molar-refractivity contribution in [2.45, 2.75) is 43.7 Å². The van der Waals surface area contributed by atoms with Crippen molar-refractivity contribution in [3.8, 4) is 0 Å². The molecule has 2 aromatic rings. The minimum atomic E-state index is -0.120. The normalized spacial score (nSPS) is 15.2. The van der Waals surface area contributed by atoms with Crippen LogP contribution in [0.3, 0.4) is 0 Å². The van der Waals surface area contributed by atoms with Gasteiger partial charge in [0.25, 0.3) is 0 Å². The number of amides is 1. The van der Waals surface area contributed by atoms with Gasteiger partial charge in [-0.05, 0) is 24.1 Å². The molecule has 1 saturated carbocycles. The van der Waals surface area contributed by atoms with Gasteiger partial charge in [-0.2, -0.15) is 0 Å². The van der Waals surface area contributed by atoms with Crippen LogP contribution in [0.15, 0.2) is 23.4 Å². The Labute approximate surface area is 167 Å². The molecule has 3 rings (SSSR count). The molecule has 0 unspecified atom stereocenters. The predicted molar refractivity (Wildman–Crippen MR) is 107 cm³/mol. The van der Waals surface area contributed by atoms with Gasteiger partial charge >= 0.3 is 0 Å². The van der Waals surface area contributed by atoms with Crippen molar-refractivity contribution in [2.75, 3.05) is 11.1 Å². The summed E-state index contributed by atoms with van der Waals surface area (Å²) in [5.74, 6) is 1.85. The summed E-state index contributed by atoms with van der Waals surface area (Å²) >= 11 is 13.2. The second kappa shape index (κ2) is 9.11. The number of carbonyl (C=O) groups excluding carboxylic acids is 1. The van der Waals surface area contributed by atoms with Crippen LogP contribution in [0.25, 0.3) is 0 Å². The summed E-state index contributed by atoms with van der Waals surface area (Å²) in [6, 6.07) is 5.02. The molecule has 0 spiro atoms. The van der Waals surface area contributed by atoms with Crippen molar-refractivity contribution in [1.29, 1.82) is 0 Å². The Morgan fingerprint density at radius 2 is 2.00 bits per heavy atom. The minimum absolute atomic E-state index is 0.120. The zero-order chi connectivity index (χ0) is 18.5. The predicted octanol–water partition coefficient (Wildman–Crippen LogP) is 4.98. The van der Waals surface area contributed by atoms with Crippen molar-refractivity contribution in [2.24, 2.45) is 13.0 Å². The number of aromatic nitrogens is 3. The Morgan fingerprint density at radius 1 is 1.23 bits per heavy atom. The van der Waals surface area contributed by atoms with Crippen LogP contribution >= 0.6 is 35.0 Å². The summed E-state index contributed by atoms with van der Waals surface area (Å²) in [5, 5.41) is 13.0. The highest BCUT2D eigenvalue weighted by Gasteiger charge is 2.18. The van der Waals surface area contributed by atoms with Crippen LogP contribution in [0.2, 0.25) is 10.0 Å². The molecule has 0 aliphatic heterocycles. The number of hydrogen-bond acceptors (Lipinski definition) is 4. The molecule has 140 valence electrons. The summed E-state index contributed by atoms with van der Waals surface area (Å²) in [6.45, 7) is 0. The van der Waals surface area contributed by atoms with Gasteiger partial charge < -0.3 is 9.88 Å². The number of anilines is 1. The minimum Gasteiger partial charge on any atom is -0.325 e. The molecule has 0 saturated heterocycles. The Bertz CT molecular complexity index is 775. The zero-order valence-electron chi connectivity index (χ0n) is 14.7. The first-order chi connectivity index (χ1) is 12.5. The lowest BCUT2D eigenvalue weighted by molar-refractivity contribution is -0.113. The Balaban J connectivity index is 1.52. The third-order valence-electron chi connectivity index (χ3n) is 4.66. The number of halogens is 2. The first-order valence-corrected chi connectivity index (χ1v) is 10.5. The number of rotatable bonds is 6. The number of nitrogens with one attached hydrogen (secondary N) is 1. The van der Waals surface area contributed by atoms with Gasteiger partial charge in [0, 0.05) is 19.2 Å². The summed E-state index contributed by atoms with van der Waals surface area (Å²) in [6.07, 6.45) is 7.52. The van der Waals surface area contributed by atoms with E-state index >= 15 is 0 Å². The highest BCUT2D eigenvalue weighted by Crippen LogP contribution is 2.28. The van der Waals surface area contributed by atoms with E-state index in [0.717, 1.165) is 17.4 Å². The van der Waals surface area contributed by atoms with Crippen molar-refractivity contribution in [3.63, 3.8) is 0 Å². The number of nitrogens with zero attached hydrogens (tertiary/aromatic N) is 3. The topological polar surface area (TPSA) is 59.8 Å². The third-order valence-corrected chi connectivity index (χ3v) is 6.42.